The molecule has 18 heavy (non-hydrogen) atoms. The summed E-state index contributed by atoms with van der Waals surface area (Å²) in [6, 6.07) is 8.47. The highest BCUT2D eigenvalue weighted by Crippen LogP contribution is 2.28. The molecule has 0 spiro atoms. The van der Waals surface area contributed by atoms with E-state index in [-0.39, 0.29) is 16.7 Å². The Morgan fingerprint density at radius 2 is 1.78 bits per heavy atom. The first-order valence-electron chi connectivity index (χ1n) is 6.64. The summed E-state index contributed by atoms with van der Waals surface area (Å²) < 4.78 is 12.4. The van der Waals surface area contributed by atoms with Crippen LogP contribution in [0.4, 0.5) is 0 Å². The van der Waals surface area contributed by atoms with E-state index in [1.165, 1.54) is 5.56 Å². The molecule has 1 aromatic rings. The lowest BCUT2D eigenvalue weighted by Crippen LogP contribution is -2.18. The molecule has 3 atom stereocenters. The first-order valence-corrected chi connectivity index (χ1v) is 7.86. The van der Waals surface area contributed by atoms with Crippen molar-refractivity contribution >= 4 is 10.8 Å². The van der Waals surface area contributed by atoms with Gasteiger partial charge in [0, 0.05) is 16.2 Å². The third-order valence-electron chi connectivity index (χ3n) is 3.68. The zero-order valence-corrected chi connectivity index (χ0v) is 12.3. The first kappa shape index (κ1) is 13.8. The van der Waals surface area contributed by atoms with Crippen molar-refractivity contribution in [2.45, 2.75) is 61.6 Å². The molecule has 1 aromatic carbocycles. The van der Waals surface area contributed by atoms with Crippen LogP contribution < -0.4 is 5.73 Å². The van der Waals surface area contributed by atoms with Crippen molar-refractivity contribution in [1.82, 2.24) is 0 Å². The van der Waals surface area contributed by atoms with Gasteiger partial charge in [-0.25, -0.2) is 0 Å². The topological polar surface area (TPSA) is 43.1 Å². The molecule has 0 amide bonds. The average molecular weight is 265 g/mol. The molecule has 0 heterocycles. The average Bonchev–Trinajstić information content (AvgIpc) is 2.74. The zero-order chi connectivity index (χ0) is 13.3. The van der Waals surface area contributed by atoms with Crippen molar-refractivity contribution in [2.75, 3.05) is 0 Å². The monoisotopic (exact) mass is 265 g/mol. The van der Waals surface area contributed by atoms with Gasteiger partial charge >= 0.3 is 0 Å². The SMILES string of the molecule is CC(C)(C)c1ccc(S(=O)C2CCC(N)C2)cc1. The summed E-state index contributed by atoms with van der Waals surface area (Å²) in [7, 11) is -0.894. The molecule has 0 saturated heterocycles. The molecule has 2 N–H and O–H groups in total. The standard InChI is InChI=1S/C15H23NOS/c1-15(2,3)11-4-7-13(8-5-11)18(17)14-9-6-12(16)10-14/h4-5,7-8,12,14H,6,9-10,16H2,1-3H3. The van der Waals surface area contributed by atoms with Crippen molar-refractivity contribution in [3.05, 3.63) is 29.8 Å². The number of hydrogen-bond donors (Lipinski definition) is 1. The van der Waals surface area contributed by atoms with Crippen LogP contribution in [0.1, 0.15) is 45.6 Å². The number of benzene rings is 1. The van der Waals surface area contributed by atoms with Gasteiger partial charge in [-0.1, -0.05) is 32.9 Å². The fourth-order valence-electron chi connectivity index (χ4n) is 2.45. The molecule has 3 heteroatoms. The zero-order valence-electron chi connectivity index (χ0n) is 11.5. The Morgan fingerprint density at radius 1 is 1.17 bits per heavy atom. The van der Waals surface area contributed by atoms with Gasteiger partial charge in [0.05, 0.1) is 10.8 Å². The minimum absolute atomic E-state index is 0.149. The van der Waals surface area contributed by atoms with E-state index >= 15 is 0 Å². The van der Waals surface area contributed by atoms with Crippen LogP contribution in [0.25, 0.3) is 0 Å². The van der Waals surface area contributed by atoms with Gasteiger partial charge in [-0.05, 0) is 42.4 Å². The van der Waals surface area contributed by atoms with Crippen LogP contribution in [-0.4, -0.2) is 15.5 Å². The van der Waals surface area contributed by atoms with Gasteiger partial charge in [0.15, 0.2) is 0 Å². The summed E-state index contributed by atoms with van der Waals surface area (Å²) in [6.07, 6.45) is 2.90. The van der Waals surface area contributed by atoms with Crippen LogP contribution in [0.3, 0.4) is 0 Å². The third kappa shape index (κ3) is 3.01. The summed E-state index contributed by atoms with van der Waals surface area (Å²) in [6.45, 7) is 6.57. The lowest BCUT2D eigenvalue weighted by atomic mass is 9.87. The molecule has 0 aliphatic heterocycles. The maximum absolute atomic E-state index is 12.4. The van der Waals surface area contributed by atoms with Gasteiger partial charge < -0.3 is 5.73 Å². The number of nitrogens with two attached hydrogens (primary N) is 1. The van der Waals surface area contributed by atoms with Crippen LogP contribution >= 0.6 is 0 Å². The Hall–Kier alpha value is -0.670. The Balaban J connectivity index is 2.12. The molecule has 3 unspecified atom stereocenters. The van der Waals surface area contributed by atoms with Crippen molar-refractivity contribution in [2.24, 2.45) is 5.73 Å². The van der Waals surface area contributed by atoms with Gasteiger partial charge in [0.2, 0.25) is 0 Å². The maximum Gasteiger partial charge on any atom is 0.0561 e. The molecule has 1 aliphatic carbocycles. The van der Waals surface area contributed by atoms with Crippen LogP contribution in [-0.2, 0) is 16.2 Å². The van der Waals surface area contributed by atoms with E-state index in [9.17, 15) is 4.21 Å². The van der Waals surface area contributed by atoms with Crippen molar-refractivity contribution in [3.63, 3.8) is 0 Å². The predicted molar refractivity (Wildman–Crippen MR) is 77.2 cm³/mol. The second-order valence-electron chi connectivity index (χ2n) is 6.27. The quantitative estimate of drug-likeness (QED) is 0.893. The van der Waals surface area contributed by atoms with Gasteiger partial charge in [0.1, 0.15) is 0 Å². The number of hydrogen-bond acceptors (Lipinski definition) is 2. The minimum Gasteiger partial charge on any atom is -0.328 e. The van der Waals surface area contributed by atoms with E-state index < -0.39 is 10.8 Å². The summed E-state index contributed by atoms with van der Waals surface area (Å²) in [5.41, 5.74) is 7.32. The number of rotatable bonds is 2. The first-order chi connectivity index (χ1) is 8.38. The van der Waals surface area contributed by atoms with Gasteiger partial charge in [-0.15, -0.1) is 0 Å². The lowest BCUT2D eigenvalue weighted by Gasteiger charge is -2.19. The molecule has 0 radical (unpaired) electrons. The largest absolute Gasteiger partial charge is 0.328 e. The fourth-order valence-corrected chi connectivity index (χ4v) is 4.01. The van der Waals surface area contributed by atoms with Crippen LogP contribution in [0, 0.1) is 0 Å². The molecule has 0 bridgehead atoms. The predicted octanol–water partition coefficient (Wildman–Crippen LogP) is 2.97. The summed E-state index contributed by atoms with van der Waals surface area (Å²) in [5, 5.41) is 0.250. The molecular formula is C15H23NOS. The second kappa shape index (κ2) is 5.14. The van der Waals surface area contributed by atoms with E-state index in [1.54, 1.807) is 0 Å². The summed E-state index contributed by atoms with van der Waals surface area (Å²) in [4.78, 5) is 0.946. The molecular weight excluding hydrogens is 242 g/mol. The van der Waals surface area contributed by atoms with Crippen LogP contribution in [0.2, 0.25) is 0 Å². The Kier molecular flexibility index (Phi) is 3.93. The summed E-state index contributed by atoms with van der Waals surface area (Å²) in [5.74, 6) is 0. The molecule has 2 rings (SSSR count). The van der Waals surface area contributed by atoms with E-state index in [0.29, 0.717) is 0 Å². The van der Waals surface area contributed by atoms with E-state index in [0.717, 1.165) is 24.2 Å². The van der Waals surface area contributed by atoms with Crippen molar-refractivity contribution < 1.29 is 4.21 Å². The van der Waals surface area contributed by atoms with Crippen LogP contribution in [0.15, 0.2) is 29.2 Å². The Labute approximate surface area is 112 Å². The molecule has 1 saturated carbocycles. The Bertz CT molecular complexity index is 433. The molecule has 1 aliphatic rings. The van der Waals surface area contributed by atoms with E-state index in [1.807, 2.05) is 12.1 Å². The second-order valence-corrected chi connectivity index (χ2v) is 8.00. The smallest absolute Gasteiger partial charge is 0.0561 e. The van der Waals surface area contributed by atoms with Gasteiger partial charge in [-0.3, -0.25) is 4.21 Å². The molecule has 2 nitrogen and oxygen atoms in total. The lowest BCUT2D eigenvalue weighted by molar-refractivity contribution is 0.589. The molecule has 0 aromatic heterocycles. The van der Waals surface area contributed by atoms with E-state index in [2.05, 4.69) is 32.9 Å². The fraction of sp³-hybridized carbons (Fsp3) is 0.600. The van der Waals surface area contributed by atoms with E-state index in [4.69, 9.17) is 5.73 Å². The highest BCUT2D eigenvalue weighted by atomic mass is 32.2. The maximum atomic E-state index is 12.4. The van der Waals surface area contributed by atoms with Crippen molar-refractivity contribution in [1.29, 1.82) is 0 Å². The minimum atomic E-state index is -0.894. The summed E-state index contributed by atoms with van der Waals surface area (Å²) >= 11 is 0. The normalized spacial score (nSPS) is 26.2. The third-order valence-corrected chi connectivity index (χ3v) is 5.45. The molecule has 100 valence electrons. The molecule has 1 fully saturated rings. The van der Waals surface area contributed by atoms with Gasteiger partial charge in [0.25, 0.3) is 0 Å². The van der Waals surface area contributed by atoms with Gasteiger partial charge in [-0.2, -0.15) is 0 Å². The van der Waals surface area contributed by atoms with Crippen LogP contribution in [0.5, 0.6) is 0 Å². The van der Waals surface area contributed by atoms with Crippen molar-refractivity contribution in [3.8, 4) is 0 Å². The highest BCUT2D eigenvalue weighted by Gasteiger charge is 2.27. The highest BCUT2D eigenvalue weighted by molar-refractivity contribution is 7.85. The Morgan fingerprint density at radius 3 is 2.22 bits per heavy atom.